The van der Waals surface area contributed by atoms with E-state index >= 15 is 0 Å². The van der Waals surface area contributed by atoms with Crippen LogP contribution in [0.2, 0.25) is 0 Å². The Balaban J connectivity index is 1.92. The summed E-state index contributed by atoms with van der Waals surface area (Å²) in [5.41, 5.74) is 0.782. The molecular formula is C13H19N3O2. The molecule has 0 aliphatic heterocycles. The fourth-order valence-electron chi connectivity index (χ4n) is 2.43. The molecule has 1 amide bonds. The Morgan fingerprint density at radius 2 is 2.33 bits per heavy atom. The summed E-state index contributed by atoms with van der Waals surface area (Å²) < 4.78 is 0. The van der Waals surface area contributed by atoms with Crippen molar-refractivity contribution in [1.29, 1.82) is 0 Å². The monoisotopic (exact) mass is 249 g/mol. The van der Waals surface area contributed by atoms with Gasteiger partial charge in [0.2, 0.25) is 5.91 Å². The van der Waals surface area contributed by atoms with Gasteiger partial charge in [0.05, 0.1) is 24.5 Å². The summed E-state index contributed by atoms with van der Waals surface area (Å²) in [7, 11) is 1.78. The average Bonchev–Trinajstić information content (AvgIpc) is 2.39. The third-order valence-corrected chi connectivity index (χ3v) is 3.39. The predicted octanol–water partition coefficient (Wildman–Crippen LogP) is 0.986. The maximum Gasteiger partial charge on any atom is 0.225 e. The highest BCUT2D eigenvalue weighted by atomic mass is 16.3. The van der Waals surface area contributed by atoms with Gasteiger partial charge in [-0.25, -0.2) is 0 Å². The summed E-state index contributed by atoms with van der Waals surface area (Å²) in [6.45, 7) is 0.471. The van der Waals surface area contributed by atoms with Gasteiger partial charge in [0.15, 0.2) is 0 Å². The van der Waals surface area contributed by atoms with Crippen LogP contribution in [0, 0.1) is 5.92 Å². The van der Waals surface area contributed by atoms with E-state index in [1.54, 1.807) is 30.5 Å². The molecule has 18 heavy (non-hydrogen) atoms. The largest absolute Gasteiger partial charge is 0.393 e. The van der Waals surface area contributed by atoms with Crippen molar-refractivity contribution < 1.29 is 9.90 Å². The Morgan fingerprint density at radius 1 is 1.50 bits per heavy atom. The van der Waals surface area contributed by atoms with Crippen LogP contribution in [0.3, 0.4) is 0 Å². The van der Waals surface area contributed by atoms with Gasteiger partial charge in [-0.3, -0.25) is 14.8 Å². The number of hydrogen-bond acceptors (Lipinski definition) is 4. The molecule has 1 aliphatic carbocycles. The highest BCUT2D eigenvalue weighted by Crippen LogP contribution is 2.25. The molecule has 0 bridgehead atoms. The SMILES string of the molecule is CN(Cc1cnccn1)C(=O)[C@H]1CCC[C@H](O)C1. The van der Waals surface area contributed by atoms with Crippen molar-refractivity contribution in [3.63, 3.8) is 0 Å². The fraction of sp³-hybridized carbons (Fsp3) is 0.615. The average molecular weight is 249 g/mol. The zero-order valence-electron chi connectivity index (χ0n) is 10.6. The molecular weight excluding hydrogens is 230 g/mol. The minimum Gasteiger partial charge on any atom is -0.393 e. The van der Waals surface area contributed by atoms with Crippen LogP contribution >= 0.6 is 0 Å². The van der Waals surface area contributed by atoms with E-state index in [-0.39, 0.29) is 17.9 Å². The summed E-state index contributed by atoms with van der Waals surface area (Å²) in [6.07, 6.45) is 7.79. The highest BCUT2D eigenvalue weighted by Gasteiger charge is 2.28. The molecule has 0 spiro atoms. The summed E-state index contributed by atoms with van der Waals surface area (Å²) in [5.74, 6) is 0.0508. The number of rotatable bonds is 3. The topological polar surface area (TPSA) is 66.3 Å². The Bertz CT molecular complexity index is 396. The number of aromatic nitrogens is 2. The second kappa shape index (κ2) is 5.91. The maximum atomic E-state index is 12.2. The molecule has 98 valence electrons. The van der Waals surface area contributed by atoms with E-state index in [9.17, 15) is 9.90 Å². The van der Waals surface area contributed by atoms with Crippen molar-refractivity contribution in [2.45, 2.75) is 38.3 Å². The molecule has 1 saturated carbocycles. The number of hydrogen-bond donors (Lipinski definition) is 1. The lowest BCUT2D eigenvalue weighted by atomic mass is 9.86. The van der Waals surface area contributed by atoms with Gasteiger partial charge < -0.3 is 10.0 Å². The molecule has 0 aromatic carbocycles. The van der Waals surface area contributed by atoms with Gasteiger partial charge in [-0.05, 0) is 19.3 Å². The second-order valence-corrected chi connectivity index (χ2v) is 4.91. The number of amides is 1. The van der Waals surface area contributed by atoms with E-state index in [4.69, 9.17) is 0 Å². The van der Waals surface area contributed by atoms with Gasteiger partial charge in [0, 0.05) is 25.4 Å². The van der Waals surface area contributed by atoms with Crippen LogP contribution in [0.4, 0.5) is 0 Å². The van der Waals surface area contributed by atoms with Gasteiger partial charge in [-0.2, -0.15) is 0 Å². The Hall–Kier alpha value is -1.49. The summed E-state index contributed by atoms with van der Waals surface area (Å²) in [5, 5.41) is 9.61. The predicted molar refractivity (Wildman–Crippen MR) is 66.5 cm³/mol. The minimum atomic E-state index is -0.322. The van der Waals surface area contributed by atoms with Crippen LogP contribution in [0.5, 0.6) is 0 Å². The van der Waals surface area contributed by atoms with Gasteiger partial charge >= 0.3 is 0 Å². The van der Waals surface area contributed by atoms with E-state index in [0.29, 0.717) is 13.0 Å². The van der Waals surface area contributed by atoms with E-state index in [0.717, 1.165) is 25.0 Å². The molecule has 0 unspecified atom stereocenters. The lowest BCUT2D eigenvalue weighted by Gasteiger charge is -2.28. The first-order valence-corrected chi connectivity index (χ1v) is 6.34. The van der Waals surface area contributed by atoms with E-state index < -0.39 is 0 Å². The number of aliphatic hydroxyl groups is 1. The maximum absolute atomic E-state index is 12.2. The molecule has 1 aromatic heterocycles. The molecule has 5 nitrogen and oxygen atoms in total. The van der Waals surface area contributed by atoms with Crippen molar-refractivity contribution in [3.8, 4) is 0 Å². The molecule has 1 fully saturated rings. The number of aliphatic hydroxyl groups excluding tert-OH is 1. The Morgan fingerprint density at radius 3 is 3.00 bits per heavy atom. The highest BCUT2D eigenvalue weighted by molar-refractivity contribution is 5.78. The van der Waals surface area contributed by atoms with Gasteiger partial charge in [-0.15, -0.1) is 0 Å². The van der Waals surface area contributed by atoms with Crippen molar-refractivity contribution in [2.24, 2.45) is 5.92 Å². The quantitative estimate of drug-likeness (QED) is 0.867. The number of carbonyl (C=O) groups excluding carboxylic acids is 1. The number of carbonyl (C=O) groups is 1. The van der Waals surface area contributed by atoms with Crippen molar-refractivity contribution in [3.05, 3.63) is 24.3 Å². The first kappa shape index (κ1) is 13.0. The van der Waals surface area contributed by atoms with E-state index in [1.807, 2.05) is 0 Å². The van der Waals surface area contributed by atoms with Crippen LogP contribution < -0.4 is 0 Å². The van der Waals surface area contributed by atoms with E-state index in [1.165, 1.54) is 0 Å². The van der Waals surface area contributed by atoms with Crippen molar-refractivity contribution >= 4 is 5.91 Å². The summed E-state index contributed by atoms with van der Waals surface area (Å²) >= 11 is 0. The lowest BCUT2D eigenvalue weighted by Crippen LogP contribution is -2.36. The Kier molecular flexibility index (Phi) is 4.25. The molecule has 2 atom stereocenters. The normalized spacial score (nSPS) is 23.7. The van der Waals surface area contributed by atoms with Gasteiger partial charge in [0.1, 0.15) is 0 Å². The van der Waals surface area contributed by atoms with Gasteiger partial charge in [0.25, 0.3) is 0 Å². The molecule has 0 saturated heterocycles. The number of nitrogens with zero attached hydrogens (tertiary/aromatic N) is 3. The molecule has 0 radical (unpaired) electrons. The minimum absolute atomic E-state index is 0.0459. The molecule has 1 N–H and O–H groups in total. The van der Waals surface area contributed by atoms with Crippen molar-refractivity contribution in [1.82, 2.24) is 14.9 Å². The lowest BCUT2D eigenvalue weighted by molar-refractivity contribution is -0.137. The van der Waals surface area contributed by atoms with Crippen LogP contribution in [-0.2, 0) is 11.3 Å². The standard InChI is InChI=1S/C13H19N3O2/c1-16(9-11-8-14-5-6-15-11)13(18)10-3-2-4-12(17)7-10/h5-6,8,10,12,17H,2-4,7,9H2,1H3/t10-,12-/m0/s1. The molecule has 1 heterocycles. The molecule has 5 heteroatoms. The van der Waals surface area contributed by atoms with Crippen LogP contribution in [0.1, 0.15) is 31.4 Å². The Labute approximate surface area is 107 Å². The summed E-state index contributed by atoms with van der Waals surface area (Å²) in [6, 6.07) is 0. The molecule has 1 aliphatic rings. The van der Waals surface area contributed by atoms with Gasteiger partial charge in [-0.1, -0.05) is 6.42 Å². The van der Waals surface area contributed by atoms with Crippen molar-refractivity contribution in [2.75, 3.05) is 7.05 Å². The third kappa shape index (κ3) is 3.26. The smallest absolute Gasteiger partial charge is 0.225 e. The second-order valence-electron chi connectivity index (χ2n) is 4.91. The summed E-state index contributed by atoms with van der Waals surface area (Å²) in [4.78, 5) is 22.0. The molecule has 1 aromatic rings. The van der Waals surface area contributed by atoms with Crippen LogP contribution in [0.25, 0.3) is 0 Å². The van der Waals surface area contributed by atoms with Crippen LogP contribution in [-0.4, -0.2) is 39.0 Å². The third-order valence-electron chi connectivity index (χ3n) is 3.39. The molecule has 2 rings (SSSR count). The first-order chi connectivity index (χ1) is 8.66. The zero-order valence-corrected chi connectivity index (χ0v) is 10.6. The fourth-order valence-corrected chi connectivity index (χ4v) is 2.43. The zero-order chi connectivity index (χ0) is 13.0. The van der Waals surface area contributed by atoms with E-state index in [2.05, 4.69) is 9.97 Å². The van der Waals surface area contributed by atoms with Crippen LogP contribution in [0.15, 0.2) is 18.6 Å². The first-order valence-electron chi connectivity index (χ1n) is 6.34.